The quantitative estimate of drug-likeness (QED) is 0.844. The first-order chi connectivity index (χ1) is 13.1. The van der Waals surface area contributed by atoms with Gasteiger partial charge in [-0.1, -0.05) is 6.07 Å². The minimum atomic E-state index is -0.384. The van der Waals surface area contributed by atoms with E-state index in [1.807, 2.05) is 18.2 Å². The third-order valence-corrected chi connectivity index (χ3v) is 4.89. The normalized spacial score (nSPS) is 18.8. The highest BCUT2D eigenvalue weighted by Gasteiger charge is 2.25. The van der Waals surface area contributed by atoms with E-state index < -0.39 is 0 Å². The molecular formula is C19H20N4O4. The van der Waals surface area contributed by atoms with E-state index in [0.717, 1.165) is 36.6 Å². The summed E-state index contributed by atoms with van der Waals surface area (Å²) in [6.07, 6.45) is 4.42. The Labute approximate surface area is 155 Å². The van der Waals surface area contributed by atoms with Gasteiger partial charge in [-0.15, -0.1) is 0 Å². The highest BCUT2D eigenvalue weighted by Crippen LogP contribution is 2.24. The number of carbonyl (C=O) groups excluding carboxylic acids is 2. The van der Waals surface area contributed by atoms with Crippen molar-refractivity contribution in [1.82, 2.24) is 14.9 Å². The summed E-state index contributed by atoms with van der Waals surface area (Å²) in [6.45, 7) is 1.63. The number of rotatable bonds is 3. The Morgan fingerprint density at radius 3 is 2.93 bits per heavy atom. The Kier molecular flexibility index (Phi) is 4.72. The first-order valence-corrected chi connectivity index (χ1v) is 8.98. The molecule has 4 rings (SSSR count). The van der Waals surface area contributed by atoms with Gasteiger partial charge in [-0.3, -0.25) is 14.4 Å². The maximum absolute atomic E-state index is 12.6. The number of nitrogens with zero attached hydrogens (tertiary/aromatic N) is 2. The lowest BCUT2D eigenvalue weighted by Gasteiger charge is -2.29. The van der Waals surface area contributed by atoms with Crippen LogP contribution >= 0.6 is 0 Å². The summed E-state index contributed by atoms with van der Waals surface area (Å²) < 4.78 is 5.41. The van der Waals surface area contributed by atoms with Crippen LogP contribution in [0, 0.1) is 0 Å². The smallest absolute Gasteiger partial charge is 0.274 e. The van der Waals surface area contributed by atoms with Gasteiger partial charge in [-0.2, -0.15) is 0 Å². The van der Waals surface area contributed by atoms with Crippen LogP contribution in [0.3, 0.4) is 0 Å². The number of hydrogen-bond acceptors (Lipinski definition) is 5. The van der Waals surface area contributed by atoms with Gasteiger partial charge in [-0.25, -0.2) is 4.98 Å². The second-order valence-electron chi connectivity index (χ2n) is 6.75. The minimum absolute atomic E-state index is 0.131. The zero-order valence-corrected chi connectivity index (χ0v) is 14.7. The molecule has 1 atom stereocenters. The summed E-state index contributed by atoms with van der Waals surface area (Å²) in [5.74, 6) is -0.362. The van der Waals surface area contributed by atoms with E-state index in [1.54, 1.807) is 4.90 Å². The van der Waals surface area contributed by atoms with Gasteiger partial charge in [0.2, 0.25) is 0 Å². The molecular weight excluding hydrogens is 348 g/mol. The Morgan fingerprint density at radius 1 is 1.30 bits per heavy atom. The van der Waals surface area contributed by atoms with Crippen LogP contribution in [0.25, 0.3) is 0 Å². The fourth-order valence-electron chi connectivity index (χ4n) is 3.44. The molecule has 140 valence electrons. The van der Waals surface area contributed by atoms with Crippen LogP contribution in [0.15, 0.2) is 35.4 Å². The number of H-pyrrole nitrogens is 1. The Hall–Kier alpha value is -3.00. The summed E-state index contributed by atoms with van der Waals surface area (Å²) in [4.78, 5) is 44.0. The molecule has 0 aliphatic carbocycles. The second-order valence-corrected chi connectivity index (χ2v) is 6.75. The number of hydrogen-bond donors (Lipinski definition) is 2. The van der Waals surface area contributed by atoms with Crippen LogP contribution in [0.5, 0.6) is 0 Å². The molecule has 27 heavy (non-hydrogen) atoms. The average Bonchev–Trinajstić information content (AvgIpc) is 3.22. The Balaban J connectivity index is 1.48. The standard InChI is InChI=1S/C19H20N4O4/c24-17-10-20-15(9-21-17)19(26)23-6-5-12-3-4-14(8-13(12)11-23)22-18(25)16-2-1-7-27-16/h3-4,8-10,16H,1-2,5-7,11H2,(H,21,24)(H,22,25)/t16-/m1/s1. The van der Waals surface area contributed by atoms with Crippen LogP contribution in [0.2, 0.25) is 0 Å². The number of nitrogens with one attached hydrogen (secondary N) is 2. The molecule has 3 heterocycles. The predicted octanol–water partition coefficient (Wildman–Crippen LogP) is 1.09. The van der Waals surface area contributed by atoms with Crippen LogP contribution in [-0.2, 0) is 22.5 Å². The maximum Gasteiger partial charge on any atom is 0.274 e. The van der Waals surface area contributed by atoms with Crippen LogP contribution in [0.1, 0.15) is 34.5 Å². The summed E-state index contributed by atoms with van der Waals surface area (Å²) in [5, 5.41) is 2.90. The molecule has 0 unspecified atom stereocenters. The number of anilines is 1. The molecule has 0 radical (unpaired) electrons. The molecule has 2 aliphatic heterocycles. The molecule has 0 saturated carbocycles. The van der Waals surface area contributed by atoms with E-state index in [9.17, 15) is 14.4 Å². The van der Waals surface area contributed by atoms with Gasteiger partial charge in [0, 0.05) is 31.6 Å². The molecule has 0 bridgehead atoms. The van der Waals surface area contributed by atoms with Gasteiger partial charge in [0.1, 0.15) is 11.8 Å². The number of ether oxygens (including phenoxy) is 1. The van der Waals surface area contributed by atoms with Crippen molar-refractivity contribution < 1.29 is 14.3 Å². The van der Waals surface area contributed by atoms with Gasteiger partial charge in [0.15, 0.2) is 0 Å². The summed E-state index contributed by atoms with van der Waals surface area (Å²) in [6, 6.07) is 5.77. The molecule has 1 aromatic heterocycles. The first-order valence-electron chi connectivity index (χ1n) is 8.98. The molecule has 2 aromatic rings. The van der Waals surface area contributed by atoms with Crippen LogP contribution in [0.4, 0.5) is 5.69 Å². The van der Waals surface area contributed by atoms with Crippen molar-refractivity contribution in [3.63, 3.8) is 0 Å². The number of aromatic amines is 1. The fourth-order valence-corrected chi connectivity index (χ4v) is 3.44. The Morgan fingerprint density at radius 2 is 2.19 bits per heavy atom. The molecule has 1 aromatic carbocycles. The summed E-state index contributed by atoms with van der Waals surface area (Å²) >= 11 is 0. The van der Waals surface area contributed by atoms with Gasteiger partial charge < -0.3 is 19.9 Å². The van der Waals surface area contributed by atoms with E-state index in [2.05, 4.69) is 15.3 Å². The molecule has 8 heteroatoms. The highest BCUT2D eigenvalue weighted by molar-refractivity contribution is 5.94. The van der Waals surface area contributed by atoms with Crippen molar-refractivity contribution in [1.29, 1.82) is 0 Å². The van der Waals surface area contributed by atoms with E-state index in [1.165, 1.54) is 6.20 Å². The van der Waals surface area contributed by atoms with Crippen molar-refractivity contribution in [3.8, 4) is 0 Å². The largest absolute Gasteiger partial charge is 0.368 e. The molecule has 0 spiro atoms. The van der Waals surface area contributed by atoms with Crippen molar-refractivity contribution in [2.75, 3.05) is 18.5 Å². The molecule has 2 aliphatic rings. The molecule has 2 amide bonds. The van der Waals surface area contributed by atoms with E-state index in [4.69, 9.17) is 4.74 Å². The lowest BCUT2D eigenvalue weighted by Crippen LogP contribution is -2.36. The van der Waals surface area contributed by atoms with Crippen molar-refractivity contribution in [2.24, 2.45) is 0 Å². The number of benzene rings is 1. The van der Waals surface area contributed by atoms with Crippen LogP contribution < -0.4 is 10.9 Å². The van der Waals surface area contributed by atoms with Crippen molar-refractivity contribution >= 4 is 17.5 Å². The lowest BCUT2D eigenvalue weighted by molar-refractivity contribution is -0.124. The van der Waals surface area contributed by atoms with Gasteiger partial charge >= 0.3 is 0 Å². The monoisotopic (exact) mass is 368 g/mol. The summed E-state index contributed by atoms with van der Waals surface area (Å²) in [5.41, 5.74) is 2.71. The zero-order valence-electron chi connectivity index (χ0n) is 14.7. The van der Waals surface area contributed by atoms with Gasteiger partial charge in [0.25, 0.3) is 17.4 Å². The van der Waals surface area contributed by atoms with Crippen molar-refractivity contribution in [2.45, 2.75) is 31.9 Å². The third-order valence-electron chi connectivity index (χ3n) is 4.89. The van der Waals surface area contributed by atoms with Crippen LogP contribution in [-0.4, -0.2) is 45.9 Å². The average molecular weight is 368 g/mol. The molecule has 1 saturated heterocycles. The van der Waals surface area contributed by atoms with E-state index >= 15 is 0 Å². The number of aromatic nitrogens is 2. The molecule has 8 nitrogen and oxygen atoms in total. The fraction of sp³-hybridized carbons (Fsp3) is 0.368. The van der Waals surface area contributed by atoms with E-state index in [-0.39, 0.29) is 29.2 Å². The van der Waals surface area contributed by atoms with Gasteiger partial charge in [-0.05, 0) is 42.5 Å². The number of fused-ring (bicyclic) bond motifs is 1. The second kappa shape index (κ2) is 7.32. The predicted molar refractivity (Wildman–Crippen MR) is 97.3 cm³/mol. The minimum Gasteiger partial charge on any atom is -0.368 e. The Bertz CT molecular complexity index is 913. The SMILES string of the molecule is O=C(Nc1ccc2c(c1)CN(C(=O)c1c[nH]c(=O)cn1)CC2)[C@H]1CCCO1. The maximum atomic E-state index is 12.6. The first kappa shape index (κ1) is 17.4. The number of carbonyl (C=O) groups is 2. The van der Waals surface area contributed by atoms with E-state index in [0.29, 0.717) is 25.4 Å². The van der Waals surface area contributed by atoms with Crippen molar-refractivity contribution in [3.05, 3.63) is 57.8 Å². The lowest BCUT2D eigenvalue weighted by atomic mass is 9.98. The zero-order chi connectivity index (χ0) is 18.8. The third kappa shape index (κ3) is 3.75. The van der Waals surface area contributed by atoms with Gasteiger partial charge in [0.05, 0.1) is 6.20 Å². The molecule has 1 fully saturated rings. The molecule has 2 N–H and O–H groups in total. The highest BCUT2D eigenvalue weighted by atomic mass is 16.5. The number of amides is 2. The summed E-state index contributed by atoms with van der Waals surface area (Å²) in [7, 11) is 0. The topological polar surface area (TPSA) is 104 Å².